The number of nitro groups is 1. The standard InChI is InChI=1S/C13H18Cl2N2O3.ClH/c1-2-20-13-4-3-12(17(18)19)9-11(13)10-16(7-5-14)8-6-15;/h3-4,9H,2,5-8,10H2,1H3;1H. The lowest BCUT2D eigenvalue weighted by Crippen LogP contribution is -2.27. The third-order valence-electron chi connectivity index (χ3n) is 2.75. The number of halogens is 3. The predicted octanol–water partition coefficient (Wildman–Crippen LogP) is 3.69. The van der Waals surface area contributed by atoms with Gasteiger partial charge in [-0.2, -0.15) is 0 Å². The van der Waals surface area contributed by atoms with Gasteiger partial charge in [0.05, 0.1) is 11.5 Å². The van der Waals surface area contributed by atoms with Crippen molar-refractivity contribution < 1.29 is 9.66 Å². The SMILES string of the molecule is CCOc1ccc([N+](=O)[O-])cc1CN(CCCl)CCCl.Cl. The van der Waals surface area contributed by atoms with Gasteiger partial charge in [-0.05, 0) is 13.0 Å². The highest BCUT2D eigenvalue weighted by Gasteiger charge is 2.14. The van der Waals surface area contributed by atoms with Gasteiger partial charge < -0.3 is 4.74 Å². The van der Waals surface area contributed by atoms with Crippen LogP contribution < -0.4 is 4.74 Å². The van der Waals surface area contributed by atoms with Crippen molar-refractivity contribution >= 4 is 41.3 Å². The van der Waals surface area contributed by atoms with E-state index in [1.54, 1.807) is 12.1 Å². The van der Waals surface area contributed by atoms with E-state index < -0.39 is 4.92 Å². The molecule has 1 aromatic rings. The molecular formula is C13H19Cl3N2O3. The predicted molar refractivity (Wildman–Crippen MR) is 88.2 cm³/mol. The third-order valence-corrected chi connectivity index (χ3v) is 3.09. The zero-order valence-corrected chi connectivity index (χ0v) is 14.1. The molecule has 0 aliphatic carbocycles. The van der Waals surface area contributed by atoms with Crippen LogP contribution in [0.5, 0.6) is 5.75 Å². The van der Waals surface area contributed by atoms with Crippen molar-refractivity contribution in [2.24, 2.45) is 0 Å². The van der Waals surface area contributed by atoms with E-state index in [9.17, 15) is 10.1 Å². The minimum Gasteiger partial charge on any atom is -0.494 e. The molecular weight excluding hydrogens is 339 g/mol. The number of nitro benzene ring substituents is 1. The lowest BCUT2D eigenvalue weighted by molar-refractivity contribution is -0.385. The Bertz CT molecular complexity index is 441. The number of non-ortho nitro benzene ring substituents is 1. The fraction of sp³-hybridized carbons (Fsp3) is 0.538. The van der Waals surface area contributed by atoms with Crippen molar-refractivity contribution in [2.45, 2.75) is 13.5 Å². The summed E-state index contributed by atoms with van der Waals surface area (Å²) in [7, 11) is 0. The van der Waals surface area contributed by atoms with E-state index in [-0.39, 0.29) is 18.1 Å². The van der Waals surface area contributed by atoms with E-state index in [1.165, 1.54) is 6.07 Å². The number of benzene rings is 1. The molecule has 0 N–H and O–H groups in total. The smallest absolute Gasteiger partial charge is 0.270 e. The van der Waals surface area contributed by atoms with Gasteiger partial charge in [0.2, 0.25) is 0 Å². The van der Waals surface area contributed by atoms with Crippen LogP contribution in [0.3, 0.4) is 0 Å². The Morgan fingerprint density at radius 1 is 1.29 bits per heavy atom. The number of nitrogens with zero attached hydrogens (tertiary/aromatic N) is 2. The summed E-state index contributed by atoms with van der Waals surface area (Å²) in [5.41, 5.74) is 0.830. The molecule has 0 heterocycles. The molecule has 0 saturated carbocycles. The Labute approximate surface area is 140 Å². The Kier molecular flexibility index (Phi) is 10.5. The molecule has 0 saturated heterocycles. The maximum Gasteiger partial charge on any atom is 0.270 e. The monoisotopic (exact) mass is 356 g/mol. The molecule has 1 rings (SSSR count). The second-order valence-electron chi connectivity index (χ2n) is 4.14. The number of rotatable bonds is 9. The molecule has 0 spiro atoms. The minimum absolute atomic E-state index is 0. The average molecular weight is 358 g/mol. The normalized spacial score (nSPS) is 10.3. The van der Waals surface area contributed by atoms with Crippen molar-refractivity contribution in [1.29, 1.82) is 0 Å². The summed E-state index contributed by atoms with van der Waals surface area (Å²) >= 11 is 11.5. The van der Waals surface area contributed by atoms with Crippen LogP contribution in [-0.2, 0) is 6.54 Å². The first-order valence-corrected chi connectivity index (χ1v) is 7.43. The molecule has 1 aromatic carbocycles. The first-order chi connectivity index (χ1) is 9.62. The molecule has 120 valence electrons. The van der Waals surface area contributed by atoms with Crippen LogP contribution in [0.25, 0.3) is 0 Å². The zero-order chi connectivity index (χ0) is 15.0. The average Bonchev–Trinajstić information content (AvgIpc) is 2.41. The van der Waals surface area contributed by atoms with Crippen LogP contribution in [-0.4, -0.2) is 41.3 Å². The van der Waals surface area contributed by atoms with Crippen LogP contribution in [0.4, 0.5) is 5.69 Å². The highest BCUT2D eigenvalue weighted by molar-refractivity contribution is 6.18. The summed E-state index contributed by atoms with van der Waals surface area (Å²) in [5.74, 6) is 1.62. The lowest BCUT2D eigenvalue weighted by atomic mass is 10.1. The first kappa shape index (κ1) is 20.2. The summed E-state index contributed by atoms with van der Waals surface area (Å²) < 4.78 is 5.51. The van der Waals surface area contributed by atoms with Crippen molar-refractivity contribution in [3.63, 3.8) is 0 Å². The molecule has 0 unspecified atom stereocenters. The Morgan fingerprint density at radius 2 is 1.90 bits per heavy atom. The van der Waals surface area contributed by atoms with E-state index >= 15 is 0 Å². The largest absolute Gasteiger partial charge is 0.494 e. The van der Waals surface area contributed by atoms with Gasteiger partial charge >= 0.3 is 0 Å². The topological polar surface area (TPSA) is 55.6 Å². The molecule has 0 amide bonds. The van der Waals surface area contributed by atoms with Gasteiger partial charge in [-0.15, -0.1) is 35.6 Å². The van der Waals surface area contributed by atoms with Crippen LogP contribution in [0.1, 0.15) is 12.5 Å². The van der Waals surface area contributed by atoms with Crippen molar-refractivity contribution in [3.8, 4) is 5.75 Å². The van der Waals surface area contributed by atoms with Crippen LogP contribution in [0.2, 0.25) is 0 Å². The molecule has 8 heteroatoms. The summed E-state index contributed by atoms with van der Waals surface area (Å²) in [6, 6.07) is 4.62. The summed E-state index contributed by atoms with van der Waals surface area (Å²) in [5, 5.41) is 10.9. The van der Waals surface area contributed by atoms with Gasteiger partial charge in [0.25, 0.3) is 5.69 Å². The van der Waals surface area contributed by atoms with Crippen molar-refractivity contribution in [3.05, 3.63) is 33.9 Å². The van der Waals surface area contributed by atoms with E-state index in [2.05, 4.69) is 0 Å². The van der Waals surface area contributed by atoms with Crippen LogP contribution in [0.15, 0.2) is 18.2 Å². The number of ether oxygens (including phenoxy) is 1. The lowest BCUT2D eigenvalue weighted by Gasteiger charge is -2.21. The quantitative estimate of drug-likeness (QED) is 0.384. The van der Waals surface area contributed by atoms with E-state index in [1.807, 2.05) is 11.8 Å². The van der Waals surface area contributed by atoms with Crippen molar-refractivity contribution in [1.82, 2.24) is 4.90 Å². The third kappa shape index (κ3) is 6.70. The Balaban J connectivity index is 0.00000400. The minimum atomic E-state index is -0.410. The Morgan fingerprint density at radius 3 is 2.38 bits per heavy atom. The molecule has 5 nitrogen and oxygen atoms in total. The molecule has 0 fully saturated rings. The number of hydrogen-bond donors (Lipinski definition) is 0. The maximum absolute atomic E-state index is 10.9. The highest BCUT2D eigenvalue weighted by Crippen LogP contribution is 2.25. The molecule has 0 atom stereocenters. The summed E-state index contributed by atoms with van der Waals surface area (Å²) in [4.78, 5) is 12.5. The van der Waals surface area contributed by atoms with E-state index in [0.717, 1.165) is 5.56 Å². The van der Waals surface area contributed by atoms with Crippen molar-refractivity contribution in [2.75, 3.05) is 31.5 Å². The van der Waals surface area contributed by atoms with Gasteiger partial charge in [-0.1, -0.05) is 0 Å². The van der Waals surface area contributed by atoms with E-state index in [4.69, 9.17) is 27.9 Å². The molecule has 0 aliphatic rings. The number of alkyl halides is 2. The maximum atomic E-state index is 10.9. The first-order valence-electron chi connectivity index (χ1n) is 6.36. The van der Waals surface area contributed by atoms with Gasteiger partial charge in [0, 0.05) is 49.1 Å². The molecule has 0 bridgehead atoms. The molecule has 0 aromatic heterocycles. The fourth-order valence-electron chi connectivity index (χ4n) is 1.85. The van der Waals surface area contributed by atoms with Crippen LogP contribution >= 0.6 is 35.6 Å². The summed E-state index contributed by atoms with van der Waals surface area (Å²) in [6.45, 7) is 4.25. The van der Waals surface area contributed by atoms with Gasteiger partial charge in [-0.3, -0.25) is 15.0 Å². The molecule has 0 aliphatic heterocycles. The summed E-state index contributed by atoms with van der Waals surface area (Å²) in [6.07, 6.45) is 0. The fourth-order valence-corrected chi connectivity index (χ4v) is 2.33. The van der Waals surface area contributed by atoms with Gasteiger partial charge in [-0.25, -0.2) is 0 Å². The molecule has 0 radical (unpaired) electrons. The Hall–Kier alpha value is -0.750. The van der Waals surface area contributed by atoms with Crippen LogP contribution in [0, 0.1) is 10.1 Å². The second-order valence-corrected chi connectivity index (χ2v) is 4.89. The van der Waals surface area contributed by atoms with Gasteiger partial charge in [0.1, 0.15) is 5.75 Å². The van der Waals surface area contributed by atoms with E-state index in [0.29, 0.717) is 43.8 Å². The highest BCUT2D eigenvalue weighted by atomic mass is 35.5. The molecule has 21 heavy (non-hydrogen) atoms. The number of hydrogen-bond acceptors (Lipinski definition) is 4. The zero-order valence-electron chi connectivity index (χ0n) is 11.8. The second kappa shape index (κ2) is 10.9. The van der Waals surface area contributed by atoms with Gasteiger partial charge in [0.15, 0.2) is 0 Å².